The molecular formula is C46H48N8O2. The van der Waals surface area contributed by atoms with Gasteiger partial charge >= 0.3 is 6.03 Å². The predicted octanol–water partition coefficient (Wildman–Crippen LogP) is 11.1. The van der Waals surface area contributed by atoms with Crippen molar-refractivity contribution in [1.29, 1.82) is 0 Å². The quantitative estimate of drug-likeness (QED) is 0.0849. The molecule has 0 aliphatic heterocycles. The highest BCUT2D eigenvalue weighted by atomic mass is 16.2. The molecule has 0 saturated heterocycles. The molecule has 0 atom stereocenters. The van der Waals surface area contributed by atoms with E-state index in [1.165, 1.54) is 22.7 Å². The van der Waals surface area contributed by atoms with Gasteiger partial charge in [-0.05, 0) is 96.1 Å². The van der Waals surface area contributed by atoms with E-state index in [4.69, 9.17) is 5.73 Å². The van der Waals surface area contributed by atoms with E-state index >= 15 is 0 Å². The summed E-state index contributed by atoms with van der Waals surface area (Å²) >= 11 is 0. The summed E-state index contributed by atoms with van der Waals surface area (Å²) in [6.45, 7) is 9.60. The van der Waals surface area contributed by atoms with Crippen LogP contribution >= 0.6 is 0 Å². The summed E-state index contributed by atoms with van der Waals surface area (Å²) in [5.41, 5.74) is 13.6. The Bertz CT molecular complexity index is 2390. The van der Waals surface area contributed by atoms with E-state index in [0.29, 0.717) is 5.69 Å². The molecular weight excluding hydrogens is 697 g/mol. The predicted molar refractivity (Wildman–Crippen MR) is 231 cm³/mol. The molecule has 4 N–H and O–H groups in total. The largest absolute Gasteiger partial charge is 0.398 e. The van der Waals surface area contributed by atoms with E-state index < -0.39 is 0 Å². The number of pyridine rings is 2. The second-order valence-corrected chi connectivity index (χ2v) is 11.6. The number of rotatable bonds is 7. The molecule has 8 rings (SSSR count). The standard InChI is InChI=1S/C21H18N4O.C14H13N3.C7H5NO.2C2H6/c26-21(23-17-5-2-1-3-6-17)24-19-7-4-8-20-18(19)11-14-25(20)15-16-9-12-22-13-10-16;15-13-2-1-3-14-12(13)6-9-17(14)10-11-4-7-16-8-5-11;9-6-8-7-4-2-1-3-5-7;2*1-2/h1-14H,15H2,(H2,23,24,26);1-9H,10,15H2;1-5H;2*1-2H3. The van der Waals surface area contributed by atoms with Crippen molar-refractivity contribution in [3.63, 3.8) is 0 Å². The Morgan fingerprint density at radius 2 is 1.11 bits per heavy atom. The van der Waals surface area contributed by atoms with Crippen LogP contribution in [0.15, 0.2) is 176 Å². The molecule has 0 fully saturated rings. The third-order valence-electron chi connectivity index (χ3n) is 8.08. The van der Waals surface area contributed by atoms with Gasteiger partial charge in [-0.3, -0.25) is 9.97 Å². The third-order valence-corrected chi connectivity index (χ3v) is 8.08. The Labute approximate surface area is 328 Å². The maximum absolute atomic E-state index is 12.3. The third kappa shape index (κ3) is 12.1. The lowest BCUT2D eigenvalue weighted by molar-refractivity contribution is 0.262. The highest BCUT2D eigenvalue weighted by Crippen LogP contribution is 2.26. The molecule has 0 aliphatic rings. The number of nitrogens with zero attached hydrogens (tertiary/aromatic N) is 5. The van der Waals surface area contributed by atoms with Crippen LogP contribution in [0.5, 0.6) is 0 Å². The first kappa shape index (κ1) is 41.5. The van der Waals surface area contributed by atoms with Crippen molar-refractivity contribution in [3.8, 4) is 0 Å². The van der Waals surface area contributed by atoms with Crippen LogP contribution in [0, 0.1) is 0 Å². The van der Waals surface area contributed by atoms with Gasteiger partial charge in [0.2, 0.25) is 6.08 Å². The van der Waals surface area contributed by atoms with Gasteiger partial charge in [0, 0.05) is 72.4 Å². The van der Waals surface area contributed by atoms with Crippen molar-refractivity contribution >= 4 is 56.7 Å². The van der Waals surface area contributed by atoms with Crippen LogP contribution in [0.4, 0.5) is 27.5 Å². The summed E-state index contributed by atoms with van der Waals surface area (Å²) in [6, 6.07) is 42.2. The summed E-state index contributed by atoms with van der Waals surface area (Å²) in [7, 11) is 0. The Hall–Kier alpha value is -7.29. The number of carbonyl (C=O) groups is 1. The zero-order valence-electron chi connectivity index (χ0n) is 32.2. The molecule has 0 aliphatic carbocycles. The lowest BCUT2D eigenvalue weighted by atomic mass is 10.2. The second-order valence-electron chi connectivity index (χ2n) is 11.6. The van der Waals surface area contributed by atoms with Gasteiger partial charge in [-0.1, -0.05) is 76.2 Å². The summed E-state index contributed by atoms with van der Waals surface area (Å²) in [6.07, 6.45) is 12.8. The van der Waals surface area contributed by atoms with E-state index in [1.807, 2.05) is 149 Å². The maximum Gasteiger partial charge on any atom is 0.323 e. The first-order chi connectivity index (χ1) is 27.6. The SMILES string of the molecule is CC.CC.Nc1cccc2c1ccn2Cc1ccncc1.O=C(Nc1ccccc1)Nc1cccc2c1ccn2Cc1ccncc1.O=C=Nc1ccccc1. The fourth-order valence-corrected chi connectivity index (χ4v) is 5.59. The van der Waals surface area contributed by atoms with E-state index in [-0.39, 0.29) is 6.03 Å². The highest BCUT2D eigenvalue weighted by Gasteiger charge is 2.09. The molecule has 4 aromatic carbocycles. The van der Waals surface area contributed by atoms with Crippen LogP contribution in [-0.4, -0.2) is 31.2 Å². The minimum Gasteiger partial charge on any atom is -0.398 e. The molecule has 284 valence electrons. The van der Waals surface area contributed by atoms with Crippen LogP contribution < -0.4 is 16.4 Å². The molecule has 4 heterocycles. The van der Waals surface area contributed by atoms with Gasteiger partial charge in [0.1, 0.15) is 0 Å². The molecule has 10 heteroatoms. The van der Waals surface area contributed by atoms with Crippen molar-refractivity contribution in [3.05, 3.63) is 182 Å². The van der Waals surface area contributed by atoms with Gasteiger partial charge in [0.25, 0.3) is 0 Å². The summed E-state index contributed by atoms with van der Waals surface area (Å²) in [4.78, 5) is 33.4. The fourth-order valence-electron chi connectivity index (χ4n) is 5.59. The lowest BCUT2D eigenvalue weighted by Gasteiger charge is -2.10. The van der Waals surface area contributed by atoms with Crippen LogP contribution in [-0.2, 0) is 17.9 Å². The Morgan fingerprint density at radius 1 is 0.607 bits per heavy atom. The number of aromatic nitrogens is 4. The molecule has 0 unspecified atom stereocenters. The number of aliphatic imine (C=N–C) groups is 1. The average molecular weight is 745 g/mol. The molecule has 10 nitrogen and oxygen atoms in total. The van der Waals surface area contributed by atoms with Gasteiger partial charge in [-0.15, -0.1) is 0 Å². The Balaban J connectivity index is 0.000000199. The first-order valence-corrected chi connectivity index (χ1v) is 18.5. The molecule has 4 aromatic heterocycles. The van der Waals surface area contributed by atoms with Gasteiger partial charge < -0.3 is 25.5 Å². The van der Waals surface area contributed by atoms with Crippen LogP contribution in [0.25, 0.3) is 21.8 Å². The fraction of sp³-hybridized carbons (Fsp3) is 0.130. The van der Waals surface area contributed by atoms with Crippen LogP contribution in [0.2, 0.25) is 0 Å². The monoisotopic (exact) mass is 744 g/mol. The number of nitrogens with one attached hydrogen (secondary N) is 2. The Morgan fingerprint density at radius 3 is 1.66 bits per heavy atom. The first-order valence-electron chi connectivity index (χ1n) is 18.5. The van der Waals surface area contributed by atoms with Crippen LogP contribution in [0.3, 0.4) is 0 Å². The number of isocyanates is 1. The normalized spacial score (nSPS) is 9.71. The molecule has 0 saturated carbocycles. The number of para-hydroxylation sites is 2. The van der Waals surface area contributed by atoms with Gasteiger partial charge in [-0.2, -0.15) is 4.99 Å². The van der Waals surface area contributed by atoms with E-state index in [9.17, 15) is 9.59 Å². The number of urea groups is 1. The molecule has 8 aromatic rings. The van der Waals surface area contributed by atoms with Crippen molar-refractivity contribution in [1.82, 2.24) is 19.1 Å². The number of hydrogen-bond donors (Lipinski definition) is 3. The topological polar surface area (TPSA) is 132 Å². The van der Waals surface area contributed by atoms with E-state index in [1.54, 1.807) is 24.5 Å². The average Bonchev–Trinajstić information content (AvgIpc) is 3.87. The summed E-state index contributed by atoms with van der Waals surface area (Å²) in [5, 5.41) is 7.89. The summed E-state index contributed by atoms with van der Waals surface area (Å²) in [5.74, 6) is 0. The van der Waals surface area contributed by atoms with E-state index in [0.717, 1.165) is 46.4 Å². The number of amides is 2. The number of hydrogen-bond acceptors (Lipinski definition) is 6. The number of anilines is 3. The molecule has 0 bridgehead atoms. The Kier molecular flexibility index (Phi) is 16.8. The molecule has 0 spiro atoms. The van der Waals surface area contributed by atoms with Crippen molar-refractivity contribution in [2.75, 3.05) is 16.4 Å². The second kappa shape index (κ2) is 22.7. The van der Waals surface area contributed by atoms with Crippen molar-refractivity contribution in [2.24, 2.45) is 4.99 Å². The number of carbonyl (C=O) groups excluding carboxylic acids is 2. The molecule has 56 heavy (non-hydrogen) atoms. The van der Waals surface area contributed by atoms with Gasteiger partial charge in [0.05, 0.1) is 22.4 Å². The molecule has 2 amide bonds. The van der Waals surface area contributed by atoms with E-state index in [2.05, 4.69) is 59.1 Å². The van der Waals surface area contributed by atoms with Gasteiger partial charge in [-0.25, -0.2) is 9.59 Å². The minimum absolute atomic E-state index is 0.259. The lowest BCUT2D eigenvalue weighted by Crippen LogP contribution is -2.19. The number of benzene rings is 4. The van der Waals surface area contributed by atoms with Crippen molar-refractivity contribution in [2.45, 2.75) is 40.8 Å². The smallest absolute Gasteiger partial charge is 0.323 e. The zero-order valence-corrected chi connectivity index (χ0v) is 32.2. The maximum atomic E-state index is 12.3. The number of nitrogen functional groups attached to an aromatic ring is 1. The number of fused-ring (bicyclic) bond motifs is 2. The van der Waals surface area contributed by atoms with Crippen molar-refractivity contribution < 1.29 is 9.59 Å². The summed E-state index contributed by atoms with van der Waals surface area (Å²) < 4.78 is 4.35. The highest BCUT2D eigenvalue weighted by molar-refractivity contribution is 6.05. The number of nitrogens with two attached hydrogens (primary N) is 1. The minimum atomic E-state index is -0.259. The van der Waals surface area contributed by atoms with Gasteiger partial charge in [0.15, 0.2) is 0 Å². The van der Waals surface area contributed by atoms with Crippen LogP contribution in [0.1, 0.15) is 38.8 Å². The molecule has 0 radical (unpaired) electrons. The zero-order chi connectivity index (χ0) is 40.0.